The Bertz CT molecular complexity index is 565. The molecule has 88 valence electrons. The maximum atomic E-state index is 11.8. The van der Waals surface area contributed by atoms with Crippen LogP contribution in [0.3, 0.4) is 0 Å². The zero-order valence-electron chi connectivity index (χ0n) is 9.13. The molecule has 2 N–H and O–H groups in total. The number of carbonyl (C=O) groups is 1. The van der Waals surface area contributed by atoms with Crippen LogP contribution >= 0.6 is 0 Å². The number of rotatable bonds is 2. The van der Waals surface area contributed by atoms with Gasteiger partial charge in [-0.1, -0.05) is 0 Å². The van der Waals surface area contributed by atoms with E-state index >= 15 is 0 Å². The number of nitrogens with one attached hydrogen (secondary N) is 1. The lowest BCUT2D eigenvalue weighted by atomic mass is 10.1. The summed E-state index contributed by atoms with van der Waals surface area (Å²) in [5.74, 6) is 0.0856. The van der Waals surface area contributed by atoms with Crippen LogP contribution < -0.4 is 4.90 Å². The molecule has 6 nitrogen and oxygen atoms in total. The summed E-state index contributed by atoms with van der Waals surface area (Å²) in [5, 5.41) is 19.6. The van der Waals surface area contributed by atoms with Gasteiger partial charge < -0.3 is 10.0 Å². The average molecular weight is 232 g/mol. The van der Waals surface area contributed by atoms with E-state index in [0.29, 0.717) is 13.0 Å². The Kier molecular flexibility index (Phi) is 2.29. The van der Waals surface area contributed by atoms with E-state index < -0.39 is 0 Å². The molecule has 1 aliphatic heterocycles. The average Bonchev–Trinajstić information content (AvgIpc) is 2.93. The molecule has 1 fully saturated rings. The third-order valence-corrected chi connectivity index (χ3v) is 3.07. The van der Waals surface area contributed by atoms with Gasteiger partial charge in [-0.15, -0.1) is 0 Å². The van der Waals surface area contributed by atoms with Crippen molar-refractivity contribution in [2.75, 3.05) is 18.1 Å². The highest BCUT2D eigenvalue weighted by molar-refractivity contribution is 5.97. The monoisotopic (exact) mass is 232 g/mol. The van der Waals surface area contributed by atoms with E-state index in [1.807, 2.05) is 18.2 Å². The molecule has 1 aromatic heterocycles. The number of anilines is 1. The summed E-state index contributed by atoms with van der Waals surface area (Å²) in [5.41, 5.74) is 2.33. The molecular weight excluding hydrogens is 220 g/mol. The van der Waals surface area contributed by atoms with E-state index in [0.717, 1.165) is 16.7 Å². The number of carbonyl (C=O) groups excluding carboxylic acids is 1. The standard InChI is InChI=1S/C11H12N4O2/c16-6-7-3-11(17)15(5-7)8-1-2-9-10(4-8)13-14-12-9/h1-2,4,7,16H,3,5-6H2,(H,12,13,14). The molecule has 1 atom stereocenters. The minimum absolute atomic E-state index is 0.0375. The molecule has 0 spiro atoms. The van der Waals surface area contributed by atoms with E-state index in [1.165, 1.54) is 0 Å². The second-order valence-corrected chi connectivity index (χ2v) is 4.25. The van der Waals surface area contributed by atoms with Gasteiger partial charge in [0.05, 0.1) is 0 Å². The van der Waals surface area contributed by atoms with Crippen LogP contribution in [-0.4, -0.2) is 39.6 Å². The summed E-state index contributed by atoms with van der Waals surface area (Å²) in [6.07, 6.45) is 0.410. The third kappa shape index (κ3) is 1.66. The smallest absolute Gasteiger partial charge is 0.227 e. The fraction of sp³-hybridized carbons (Fsp3) is 0.364. The molecule has 2 aromatic rings. The lowest BCUT2D eigenvalue weighted by Gasteiger charge is -2.16. The zero-order chi connectivity index (χ0) is 11.8. The predicted octanol–water partition coefficient (Wildman–Crippen LogP) is 0.303. The summed E-state index contributed by atoms with van der Waals surface area (Å²) in [6, 6.07) is 5.51. The molecular formula is C11H12N4O2. The molecule has 0 bridgehead atoms. The minimum atomic E-state index is 0.0375. The highest BCUT2D eigenvalue weighted by atomic mass is 16.3. The molecule has 1 saturated heterocycles. The Morgan fingerprint density at radius 3 is 3.00 bits per heavy atom. The van der Waals surface area contributed by atoms with Crippen molar-refractivity contribution in [3.05, 3.63) is 18.2 Å². The summed E-state index contributed by atoms with van der Waals surface area (Å²) in [6.45, 7) is 0.618. The van der Waals surface area contributed by atoms with Crippen LogP contribution in [0.4, 0.5) is 5.69 Å². The Morgan fingerprint density at radius 2 is 2.24 bits per heavy atom. The highest BCUT2D eigenvalue weighted by Gasteiger charge is 2.30. The van der Waals surface area contributed by atoms with Gasteiger partial charge >= 0.3 is 0 Å². The van der Waals surface area contributed by atoms with Gasteiger partial charge in [-0.3, -0.25) is 4.79 Å². The van der Waals surface area contributed by atoms with E-state index in [-0.39, 0.29) is 18.4 Å². The van der Waals surface area contributed by atoms with Crippen LogP contribution in [0.5, 0.6) is 0 Å². The minimum Gasteiger partial charge on any atom is -0.396 e. The van der Waals surface area contributed by atoms with E-state index in [1.54, 1.807) is 4.90 Å². The van der Waals surface area contributed by atoms with Crippen LogP contribution in [0.25, 0.3) is 11.0 Å². The number of aliphatic hydroxyl groups excluding tert-OH is 1. The van der Waals surface area contributed by atoms with Gasteiger partial charge in [0.25, 0.3) is 0 Å². The van der Waals surface area contributed by atoms with Crippen LogP contribution in [0, 0.1) is 5.92 Å². The second-order valence-electron chi connectivity index (χ2n) is 4.25. The maximum absolute atomic E-state index is 11.8. The van der Waals surface area contributed by atoms with E-state index in [2.05, 4.69) is 15.4 Å². The summed E-state index contributed by atoms with van der Waals surface area (Å²) in [7, 11) is 0. The van der Waals surface area contributed by atoms with Crippen molar-refractivity contribution in [1.29, 1.82) is 0 Å². The maximum Gasteiger partial charge on any atom is 0.227 e. The second kappa shape index (κ2) is 3.81. The number of nitrogens with zero attached hydrogens (tertiary/aromatic N) is 3. The van der Waals surface area contributed by atoms with Gasteiger partial charge in [-0.05, 0) is 18.2 Å². The molecule has 1 aromatic carbocycles. The molecule has 0 saturated carbocycles. The summed E-state index contributed by atoms with van der Waals surface area (Å²) in [4.78, 5) is 13.5. The van der Waals surface area contributed by atoms with Crippen molar-refractivity contribution in [2.24, 2.45) is 5.92 Å². The largest absolute Gasteiger partial charge is 0.396 e. The number of H-pyrrole nitrogens is 1. The molecule has 1 amide bonds. The molecule has 2 heterocycles. The van der Waals surface area contributed by atoms with Crippen LogP contribution in [0.15, 0.2) is 18.2 Å². The number of aromatic amines is 1. The summed E-state index contributed by atoms with van der Waals surface area (Å²) < 4.78 is 0. The number of hydrogen-bond acceptors (Lipinski definition) is 4. The topological polar surface area (TPSA) is 82.1 Å². The first-order chi connectivity index (χ1) is 8.28. The number of hydrogen-bond donors (Lipinski definition) is 2. The zero-order valence-corrected chi connectivity index (χ0v) is 9.13. The SMILES string of the molecule is O=C1CC(CO)CN1c1ccc2n[nH]nc2c1. The first-order valence-electron chi connectivity index (χ1n) is 5.49. The predicted molar refractivity (Wildman–Crippen MR) is 61.4 cm³/mol. The quantitative estimate of drug-likeness (QED) is 0.780. The van der Waals surface area contributed by atoms with Crippen molar-refractivity contribution >= 4 is 22.6 Å². The molecule has 6 heteroatoms. The molecule has 3 rings (SSSR count). The van der Waals surface area contributed by atoms with Crippen molar-refractivity contribution in [3.63, 3.8) is 0 Å². The van der Waals surface area contributed by atoms with Crippen molar-refractivity contribution in [1.82, 2.24) is 15.4 Å². The van der Waals surface area contributed by atoms with E-state index in [9.17, 15) is 4.79 Å². The normalized spacial score (nSPS) is 20.4. The summed E-state index contributed by atoms with van der Waals surface area (Å²) >= 11 is 0. The van der Waals surface area contributed by atoms with Crippen molar-refractivity contribution in [2.45, 2.75) is 6.42 Å². The number of benzene rings is 1. The lowest BCUT2D eigenvalue weighted by molar-refractivity contribution is -0.117. The van der Waals surface area contributed by atoms with Gasteiger partial charge in [-0.2, -0.15) is 15.4 Å². The lowest BCUT2D eigenvalue weighted by Crippen LogP contribution is -2.24. The van der Waals surface area contributed by atoms with Crippen LogP contribution in [0.2, 0.25) is 0 Å². The number of aliphatic hydroxyl groups is 1. The Hall–Kier alpha value is -1.95. The molecule has 1 unspecified atom stereocenters. The Labute approximate surface area is 97.2 Å². The fourth-order valence-electron chi connectivity index (χ4n) is 2.15. The van der Waals surface area contributed by atoms with Crippen molar-refractivity contribution < 1.29 is 9.90 Å². The molecule has 0 radical (unpaired) electrons. The fourth-order valence-corrected chi connectivity index (χ4v) is 2.15. The van der Waals surface area contributed by atoms with Gasteiger partial charge in [0.2, 0.25) is 5.91 Å². The number of fused-ring (bicyclic) bond motifs is 1. The molecule has 1 aliphatic rings. The first-order valence-corrected chi connectivity index (χ1v) is 5.49. The van der Waals surface area contributed by atoms with Crippen LogP contribution in [-0.2, 0) is 4.79 Å². The number of aromatic nitrogens is 3. The number of amides is 1. The Balaban J connectivity index is 1.95. The third-order valence-electron chi connectivity index (χ3n) is 3.07. The van der Waals surface area contributed by atoms with Gasteiger partial charge in [-0.25, -0.2) is 0 Å². The van der Waals surface area contributed by atoms with Crippen molar-refractivity contribution in [3.8, 4) is 0 Å². The highest BCUT2D eigenvalue weighted by Crippen LogP contribution is 2.26. The van der Waals surface area contributed by atoms with E-state index in [4.69, 9.17) is 5.11 Å². The van der Waals surface area contributed by atoms with Crippen LogP contribution in [0.1, 0.15) is 6.42 Å². The Morgan fingerprint density at radius 1 is 1.41 bits per heavy atom. The van der Waals surface area contributed by atoms with Gasteiger partial charge in [0, 0.05) is 31.2 Å². The first kappa shape index (κ1) is 10.2. The molecule has 17 heavy (non-hydrogen) atoms. The van der Waals surface area contributed by atoms with Gasteiger partial charge in [0.1, 0.15) is 11.0 Å². The van der Waals surface area contributed by atoms with Gasteiger partial charge in [0.15, 0.2) is 0 Å². The molecule has 0 aliphatic carbocycles.